The quantitative estimate of drug-likeness (QED) is 0.0278. The van der Waals surface area contributed by atoms with E-state index in [0.29, 0.717) is 0 Å². The molecule has 0 aromatic heterocycles. The maximum absolute atomic E-state index is 13.1. The Labute approximate surface area is 636 Å². The molecule has 8 fully saturated rings. The predicted molar refractivity (Wildman–Crippen MR) is 359 cm³/mol. The number of hydrogen-bond acceptors (Lipinski definition) is 37. The van der Waals surface area contributed by atoms with Crippen molar-refractivity contribution in [1.82, 2.24) is 21.3 Å². The van der Waals surface area contributed by atoms with Crippen molar-refractivity contribution >= 4 is 65.2 Å². The standard InChI is InChI=1S/C61H104N4O41S4/c1-26-50(62-30(5)66)58(87-13)99-42(22-92-107(71,72)73)54(26)104-47-15-36(84-10)39(19-89-47)97-60-52(64-32(7)68)28(3)56(44(101-60)24-94-109(77,78)79)106-49-17-38(86-12)41(21-91-49)98-61-53(65-33(8)69)29(4)57(45(102-61)25-95-110(80,81)82)105-48-16-37(85-11)40(20-90-48)96-59-51(63-31(6)67)27(2)55(43(100-59)23-93-108(74,75)76)103-46-14-35(83-9)34(70)18-88-46/h26-29,34-61,70H,14-25H2,1-13H3,(H,62,66)(H,63,67)(H,64,68)(H,65,69)(H,71,72,73)(H,74,75,76)(H,77,78,79)(H,80,81,82)/t26-,27-,28-,29-,34-,35+,36+,37+,38+,39+,40+,41+,42?,43?,44?,45?,46+,47+,48+,49+,50?,51?,52?,53?,54+,55+,56+,57+,58+,59-,60-,61-/m1/s1. The molecule has 45 nitrogen and oxygen atoms in total. The Bertz CT molecular complexity index is 3450. The molecule has 0 bridgehead atoms. The highest BCUT2D eigenvalue weighted by Gasteiger charge is 2.55. The molecule has 8 unspecified atom stereocenters. The van der Waals surface area contributed by atoms with E-state index >= 15 is 0 Å². The molecule has 8 saturated heterocycles. The van der Waals surface area contributed by atoms with Crippen LogP contribution in [0.4, 0.5) is 0 Å². The van der Waals surface area contributed by atoms with Gasteiger partial charge in [-0.2, -0.15) is 33.7 Å². The number of amides is 4. The Morgan fingerprint density at radius 3 is 0.791 bits per heavy atom. The molecule has 638 valence electrons. The van der Waals surface area contributed by atoms with Gasteiger partial charge in [0.25, 0.3) is 0 Å². The van der Waals surface area contributed by atoms with Gasteiger partial charge in [0.2, 0.25) is 23.6 Å². The lowest BCUT2D eigenvalue weighted by atomic mass is 9.88. The van der Waals surface area contributed by atoms with Crippen LogP contribution in [-0.2, 0) is 172 Å². The van der Waals surface area contributed by atoms with Crippen molar-refractivity contribution in [3.8, 4) is 0 Å². The molecule has 8 rings (SSSR count). The van der Waals surface area contributed by atoms with E-state index in [-0.39, 0.29) is 52.1 Å². The first-order valence-corrected chi connectivity index (χ1v) is 40.6. The van der Waals surface area contributed by atoms with E-state index in [0.717, 1.165) is 0 Å². The summed E-state index contributed by atoms with van der Waals surface area (Å²) < 4.78 is 277. The van der Waals surface area contributed by atoms with E-state index in [1.165, 1.54) is 63.2 Å². The minimum absolute atomic E-state index is 0.0374. The Morgan fingerprint density at radius 1 is 0.336 bits per heavy atom. The Balaban J connectivity index is 0.940. The average Bonchev–Trinajstić information content (AvgIpc) is 0.796. The van der Waals surface area contributed by atoms with E-state index in [9.17, 15) is 76.2 Å². The van der Waals surface area contributed by atoms with Crippen molar-refractivity contribution in [1.29, 1.82) is 0 Å². The Hall–Kier alpha value is -3.48. The molecule has 0 aromatic carbocycles. The summed E-state index contributed by atoms with van der Waals surface area (Å²) in [5.74, 6) is -5.41. The number of aliphatic hydroxyl groups excluding tert-OH is 1. The first-order valence-electron chi connectivity index (χ1n) is 35.1. The van der Waals surface area contributed by atoms with Gasteiger partial charge in [0.1, 0.15) is 48.8 Å². The molecule has 0 aliphatic carbocycles. The number of aliphatic hydroxyl groups is 1. The third kappa shape index (κ3) is 26.3. The number of hydrogen-bond donors (Lipinski definition) is 9. The van der Waals surface area contributed by atoms with Crippen LogP contribution in [0.3, 0.4) is 0 Å². The van der Waals surface area contributed by atoms with E-state index in [1.807, 2.05) is 0 Å². The maximum atomic E-state index is 13.1. The number of methoxy groups -OCH3 is 5. The van der Waals surface area contributed by atoms with Crippen molar-refractivity contribution in [3.63, 3.8) is 0 Å². The zero-order chi connectivity index (χ0) is 81.1. The minimum atomic E-state index is -5.17. The molecule has 0 aromatic rings. The van der Waals surface area contributed by atoms with E-state index in [1.54, 1.807) is 27.7 Å². The highest BCUT2D eigenvalue weighted by Crippen LogP contribution is 2.41. The Morgan fingerprint density at radius 2 is 0.564 bits per heavy atom. The smallest absolute Gasteiger partial charge is 0.388 e. The van der Waals surface area contributed by atoms with Gasteiger partial charge in [-0.3, -0.25) is 37.4 Å². The third-order valence-electron chi connectivity index (χ3n) is 20.0. The summed E-state index contributed by atoms with van der Waals surface area (Å²) in [5.41, 5.74) is 0. The van der Waals surface area contributed by atoms with Gasteiger partial charge >= 0.3 is 41.6 Å². The largest absolute Gasteiger partial charge is 0.397 e. The SMILES string of the molecule is CO[C@H]1OC(COS(=O)(=O)O)[C@@H](O[C@H]2C[C@H](OC)[C@@H](O[C@@H]3OC(COS(=O)(=O)O)[C@@H](O[C@H]4C[C@H](OC)[C@@H](O[C@@H]5OC(COS(=O)(=O)O)[C@@H](O[C@H]6C[C@H](OC)[C@@H](O[C@@H]7OC(COS(=O)(=O)O)[C@@H](O[C@H]8C[C@H](OC)[C@H](O)CO8)[C@H](C)C7NC(C)=O)CO6)[C@H](C)C5NC(C)=O)CO4)[C@H](C)C3NC(C)=O)CO2)[C@H](C)C1NC(C)=O. The summed E-state index contributed by atoms with van der Waals surface area (Å²) in [5, 5.41) is 21.5. The zero-order valence-corrected chi connectivity index (χ0v) is 65.8. The average molecular weight is 1680 g/mol. The monoisotopic (exact) mass is 1680 g/mol. The van der Waals surface area contributed by atoms with E-state index in [4.69, 9.17) is 107 Å². The van der Waals surface area contributed by atoms with Crippen LogP contribution >= 0.6 is 0 Å². The Kier molecular flexibility index (Phi) is 34.0. The van der Waals surface area contributed by atoms with Gasteiger partial charge < -0.3 is 121 Å². The summed E-state index contributed by atoms with van der Waals surface area (Å²) in [4.78, 5) is 51.2. The highest BCUT2D eigenvalue weighted by molar-refractivity contribution is 7.81. The van der Waals surface area contributed by atoms with Gasteiger partial charge in [0.05, 0.1) is 126 Å². The lowest BCUT2D eigenvalue weighted by Gasteiger charge is -2.50. The highest BCUT2D eigenvalue weighted by atomic mass is 32.3. The fourth-order valence-electron chi connectivity index (χ4n) is 14.6. The van der Waals surface area contributed by atoms with Crippen LogP contribution in [-0.4, -0.2) is 341 Å². The molecule has 0 saturated carbocycles. The zero-order valence-electron chi connectivity index (χ0n) is 62.5. The van der Waals surface area contributed by atoms with Crippen LogP contribution in [0.25, 0.3) is 0 Å². The molecule has 8 aliphatic rings. The summed E-state index contributed by atoms with van der Waals surface area (Å²) in [6.45, 7) is 6.94. The summed E-state index contributed by atoms with van der Waals surface area (Å²) in [6, 6.07) is -4.13. The van der Waals surface area contributed by atoms with Crippen molar-refractivity contribution in [2.24, 2.45) is 23.7 Å². The number of carbonyl (C=O) groups excluding carboxylic acids is 4. The molecule has 4 amide bonds. The second kappa shape index (κ2) is 40.6. The molecule has 49 heteroatoms. The fraction of sp³-hybridized carbons (Fsp3) is 0.934. The molecule has 110 heavy (non-hydrogen) atoms. The summed E-state index contributed by atoms with van der Waals surface area (Å²) >= 11 is 0. The van der Waals surface area contributed by atoms with Gasteiger partial charge in [-0.15, -0.1) is 0 Å². The van der Waals surface area contributed by atoms with Crippen LogP contribution in [0.2, 0.25) is 0 Å². The lowest BCUT2D eigenvalue weighted by molar-refractivity contribution is -0.346. The topological polar surface area (TPSA) is 576 Å². The van der Waals surface area contributed by atoms with Crippen LogP contribution in [0.1, 0.15) is 81.1 Å². The number of nitrogens with one attached hydrogen (secondary N) is 4. The molecule has 9 N–H and O–H groups in total. The molecule has 32 atom stereocenters. The van der Waals surface area contributed by atoms with Crippen LogP contribution in [0.15, 0.2) is 0 Å². The molecular weight excluding hydrogens is 1570 g/mol. The number of rotatable bonds is 35. The van der Waals surface area contributed by atoms with Crippen molar-refractivity contribution in [2.45, 2.75) is 253 Å². The molecular formula is C61H104N4O41S4. The van der Waals surface area contributed by atoms with E-state index < -0.39 is 287 Å². The van der Waals surface area contributed by atoms with Crippen molar-refractivity contribution < 1.29 is 188 Å². The first kappa shape index (κ1) is 92.0. The van der Waals surface area contributed by atoms with Crippen molar-refractivity contribution in [2.75, 3.05) is 88.4 Å². The van der Waals surface area contributed by atoms with Crippen LogP contribution < -0.4 is 21.3 Å². The van der Waals surface area contributed by atoms with Crippen LogP contribution in [0.5, 0.6) is 0 Å². The third-order valence-corrected chi connectivity index (χ3v) is 21.7. The van der Waals surface area contributed by atoms with Gasteiger partial charge in [0.15, 0.2) is 50.3 Å². The lowest BCUT2D eigenvalue weighted by Crippen LogP contribution is -2.65. The van der Waals surface area contributed by atoms with Crippen molar-refractivity contribution in [3.05, 3.63) is 0 Å². The summed E-state index contributed by atoms with van der Waals surface area (Å²) in [7, 11) is -13.6. The fourth-order valence-corrected chi connectivity index (χ4v) is 15.9. The second-order valence-corrected chi connectivity index (χ2v) is 32.0. The summed E-state index contributed by atoms with van der Waals surface area (Å²) in [6.07, 6.45) is -28.4. The predicted octanol–water partition coefficient (Wildman–Crippen LogP) is -3.52. The van der Waals surface area contributed by atoms with Crippen LogP contribution in [0, 0.1) is 23.7 Å². The molecule has 0 radical (unpaired) electrons. The van der Waals surface area contributed by atoms with E-state index in [2.05, 4.69) is 25.5 Å². The molecule has 8 heterocycles. The number of ether oxygens (including phenoxy) is 20. The second-order valence-electron chi connectivity index (χ2n) is 27.7. The molecule has 0 spiro atoms. The maximum Gasteiger partial charge on any atom is 0.397 e. The van der Waals surface area contributed by atoms with Gasteiger partial charge in [0, 0.05) is 113 Å². The molecule has 8 aliphatic heterocycles. The first-order chi connectivity index (χ1) is 51.6. The van der Waals surface area contributed by atoms with Gasteiger partial charge in [-0.25, -0.2) is 16.7 Å². The van der Waals surface area contributed by atoms with Gasteiger partial charge in [-0.05, 0) is 0 Å². The minimum Gasteiger partial charge on any atom is -0.388 e. The normalized spacial score (nSPS) is 40.5. The van der Waals surface area contributed by atoms with Gasteiger partial charge in [-0.1, -0.05) is 27.7 Å². The number of carbonyl (C=O) groups is 4.